The molecule has 0 amide bonds. The number of alkyl halides is 2. The fraction of sp³-hybridized carbons (Fsp3) is 0.917. The third-order valence-electron chi connectivity index (χ3n) is 0.957. The summed E-state index contributed by atoms with van der Waals surface area (Å²) < 4.78 is 0. The van der Waals surface area contributed by atoms with Crippen molar-refractivity contribution in [3.05, 3.63) is 0 Å². The summed E-state index contributed by atoms with van der Waals surface area (Å²) >= 11 is 10.1. The first-order valence-electron chi connectivity index (χ1n) is 5.88. The van der Waals surface area contributed by atoms with E-state index in [1.807, 2.05) is 0 Å². The van der Waals surface area contributed by atoms with Crippen molar-refractivity contribution in [2.45, 2.75) is 65.1 Å². The largest absolute Gasteiger partial charge is 0.481 e. The third-order valence-corrected chi connectivity index (χ3v) is 0.957. The van der Waals surface area contributed by atoms with Gasteiger partial charge in [0.25, 0.3) is 5.97 Å². The number of aliphatic hydroxyl groups is 1. The summed E-state index contributed by atoms with van der Waals surface area (Å²) in [5, 5.41) is 15.0. The zero-order chi connectivity index (χ0) is 14.7. The van der Waals surface area contributed by atoms with Crippen molar-refractivity contribution >= 4 is 29.2 Å². The first-order chi connectivity index (χ1) is 7.79. The molecule has 0 saturated carbocycles. The SMILES string of the molecule is CC(=O)O.CC(Cl)Cl.CCCCCC.CCO. The number of aliphatic hydroxyl groups excluding tert-OH is 1. The molecular formula is C12H28Cl2O3. The van der Waals surface area contributed by atoms with Crippen LogP contribution in [-0.2, 0) is 4.79 Å². The molecule has 108 valence electrons. The Morgan fingerprint density at radius 1 is 1.12 bits per heavy atom. The van der Waals surface area contributed by atoms with Crippen LogP contribution in [0.3, 0.4) is 0 Å². The van der Waals surface area contributed by atoms with Gasteiger partial charge in [-0.2, -0.15) is 0 Å². The van der Waals surface area contributed by atoms with Crippen LogP contribution in [0.5, 0.6) is 0 Å². The highest BCUT2D eigenvalue weighted by molar-refractivity contribution is 6.43. The number of aliphatic carboxylic acids is 1. The summed E-state index contributed by atoms with van der Waals surface area (Å²) in [6.07, 6.45) is 5.54. The van der Waals surface area contributed by atoms with E-state index in [1.54, 1.807) is 13.8 Å². The van der Waals surface area contributed by atoms with Crippen molar-refractivity contribution < 1.29 is 15.0 Å². The second kappa shape index (κ2) is 29.8. The van der Waals surface area contributed by atoms with E-state index in [4.69, 9.17) is 38.2 Å². The molecule has 0 atom stereocenters. The van der Waals surface area contributed by atoms with E-state index in [9.17, 15) is 0 Å². The van der Waals surface area contributed by atoms with Gasteiger partial charge in [0.15, 0.2) is 0 Å². The number of hydrogen-bond acceptors (Lipinski definition) is 2. The molecule has 0 spiro atoms. The lowest BCUT2D eigenvalue weighted by atomic mass is 10.2. The van der Waals surface area contributed by atoms with Gasteiger partial charge in [-0.15, -0.1) is 23.2 Å². The first kappa shape index (κ1) is 25.8. The number of rotatable bonds is 3. The van der Waals surface area contributed by atoms with Gasteiger partial charge >= 0.3 is 0 Å². The van der Waals surface area contributed by atoms with Crippen LogP contribution in [0.1, 0.15) is 60.3 Å². The molecule has 0 aromatic carbocycles. The molecule has 0 aliphatic carbocycles. The molecule has 0 aliphatic heterocycles. The maximum atomic E-state index is 9.00. The van der Waals surface area contributed by atoms with Crippen molar-refractivity contribution in [3.63, 3.8) is 0 Å². The monoisotopic (exact) mass is 290 g/mol. The normalized spacial score (nSPS) is 7.82. The quantitative estimate of drug-likeness (QED) is 0.595. The van der Waals surface area contributed by atoms with Gasteiger partial charge in [0, 0.05) is 13.5 Å². The van der Waals surface area contributed by atoms with Crippen molar-refractivity contribution in [3.8, 4) is 0 Å². The molecule has 0 heterocycles. The number of carboxylic acids is 1. The maximum Gasteiger partial charge on any atom is 0.300 e. The second-order valence-corrected chi connectivity index (χ2v) is 4.59. The molecule has 0 aromatic heterocycles. The Kier molecular flexibility index (Phi) is 45.1. The molecule has 0 fully saturated rings. The molecule has 5 heteroatoms. The number of carboxylic acid groups (broad SMARTS) is 1. The Labute approximate surface area is 116 Å². The third kappa shape index (κ3) is 347. The topological polar surface area (TPSA) is 57.5 Å². The Morgan fingerprint density at radius 2 is 1.24 bits per heavy atom. The summed E-state index contributed by atoms with van der Waals surface area (Å²) in [7, 11) is 0. The van der Waals surface area contributed by atoms with Gasteiger partial charge < -0.3 is 10.2 Å². The average Bonchev–Trinajstić information content (AvgIpc) is 2.14. The first-order valence-corrected chi connectivity index (χ1v) is 6.75. The lowest BCUT2D eigenvalue weighted by Crippen LogP contribution is -1.78. The highest BCUT2D eigenvalue weighted by Crippen LogP contribution is 1.95. The highest BCUT2D eigenvalue weighted by atomic mass is 35.5. The summed E-state index contributed by atoms with van der Waals surface area (Å²) in [6.45, 7) is 9.18. The minimum atomic E-state index is -0.833. The smallest absolute Gasteiger partial charge is 0.300 e. The van der Waals surface area contributed by atoms with E-state index < -0.39 is 5.97 Å². The van der Waals surface area contributed by atoms with Gasteiger partial charge in [0.1, 0.15) is 4.84 Å². The van der Waals surface area contributed by atoms with E-state index in [1.165, 1.54) is 25.7 Å². The molecule has 0 bridgehead atoms. The molecule has 3 nitrogen and oxygen atoms in total. The van der Waals surface area contributed by atoms with Gasteiger partial charge in [-0.05, 0) is 13.8 Å². The Bertz CT molecular complexity index is 110. The van der Waals surface area contributed by atoms with E-state index in [0.717, 1.165) is 6.92 Å². The number of halogens is 2. The lowest BCUT2D eigenvalue weighted by Gasteiger charge is -1.86. The Balaban J connectivity index is -0.0000000688. The second-order valence-electron chi connectivity index (χ2n) is 3.06. The standard InChI is InChI=1S/C6H14.C2H4Cl2.C2H4O2.C2H6O/c1-3-5-6-4-2;2*1-2(3)4;1-2-3/h3-6H2,1-2H3;2H,1H3;1H3,(H,3,4);3H,2H2,1H3. The van der Waals surface area contributed by atoms with Crippen molar-refractivity contribution in [2.75, 3.05) is 6.61 Å². The summed E-state index contributed by atoms with van der Waals surface area (Å²) in [4.78, 5) is 8.78. The molecule has 0 rings (SSSR count). The minimum absolute atomic E-state index is 0.222. The fourth-order valence-electron chi connectivity index (χ4n) is 0.500. The Morgan fingerprint density at radius 3 is 1.29 bits per heavy atom. The molecule has 0 aromatic rings. The molecule has 0 saturated heterocycles. The number of unbranched alkanes of at least 4 members (excludes halogenated alkanes) is 3. The van der Waals surface area contributed by atoms with Crippen molar-refractivity contribution in [1.82, 2.24) is 0 Å². The predicted octanol–water partition coefficient (Wildman–Crippen LogP) is 4.49. The summed E-state index contributed by atoms with van der Waals surface area (Å²) in [5.41, 5.74) is 0. The van der Waals surface area contributed by atoms with Crippen LogP contribution in [-0.4, -0.2) is 27.6 Å². The van der Waals surface area contributed by atoms with Gasteiger partial charge in [-0.3, -0.25) is 4.79 Å². The molecule has 17 heavy (non-hydrogen) atoms. The van der Waals surface area contributed by atoms with Crippen LogP contribution >= 0.6 is 23.2 Å². The predicted molar refractivity (Wildman–Crippen MR) is 77.1 cm³/mol. The molecular weight excluding hydrogens is 263 g/mol. The van der Waals surface area contributed by atoms with Crippen LogP contribution in [0.25, 0.3) is 0 Å². The van der Waals surface area contributed by atoms with E-state index >= 15 is 0 Å². The van der Waals surface area contributed by atoms with E-state index in [0.29, 0.717) is 0 Å². The molecule has 0 unspecified atom stereocenters. The highest BCUT2D eigenvalue weighted by Gasteiger charge is 1.75. The number of hydrogen-bond donors (Lipinski definition) is 2. The van der Waals surface area contributed by atoms with Crippen LogP contribution in [0.4, 0.5) is 0 Å². The maximum absolute atomic E-state index is 9.00. The van der Waals surface area contributed by atoms with Crippen molar-refractivity contribution in [1.29, 1.82) is 0 Å². The van der Waals surface area contributed by atoms with Crippen LogP contribution in [0.15, 0.2) is 0 Å². The van der Waals surface area contributed by atoms with Crippen molar-refractivity contribution in [2.24, 2.45) is 0 Å². The van der Waals surface area contributed by atoms with Gasteiger partial charge in [-0.1, -0.05) is 39.5 Å². The summed E-state index contributed by atoms with van der Waals surface area (Å²) in [5.74, 6) is -0.833. The average molecular weight is 291 g/mol. The minimum Gasteiger partial charge on any atom is -0.481 e. The molecule has 0 radical (unpaired) electrons. The molecule has 0 aliphatic rings. The van der Waals surface area contributed by atoms with Crippen LogP contribution in [0, 0.1) is 0 Å². The van der Waals surface area contributed by atoms with Crippen LogP contribution in [0.2, 0.25) is 0 Å². The molecule has 2 N–H and O–H groups in total. The van der Waals surface area contributed by atoms with Gasteiger partial charge in [-0.25, -0.2) is 0 Å². The lowest BCUT2D eigenvalue weighted by molar-refractivity contribution is -0.134. The Hall–Kier alpha value is 0.01000. The number of carbonyl (C=O) groups is 1. The van der Waals surface area contributed by atoms with Gasteiger partial charge in [0.2, 0.25) is 0 Å². The zero-order valence-electron chi connectivity index (χ0n) is 11.7. The van der Waals surface area contributed by atoms with Gasteiger partial charge in [0.05, 0.1) is 0 Å². The van der Waals surface area contributed by atoms with E-state index in [-0.39, 0.29) is 11.4 Å². The zero-order valence-corrected chi connectivity index (χ0v) is 13.2. The van der Waals surface area contributed by atoms with E-state index in [2.05, 4.69) is 13.8 Å². The van der Waals surface area contributed by atoms with Crippen LogP contribution < -0.4 is 0 Å². The summed E-state index contributed by atoms with van der Waals surface area (Å²) in [6, 6.07) is 0. The fourth-order valence-corrected chi connectivity index (χ4v) is 0.500.